The minimum absolute atomic E-state index is 0.0121. The summed E-state index contributed by atoms with van der Waals surface area (Å²) < 4.78 is 77.9. The van der Waals surface area contributed by atoms with Crippen molar-refractivity contribution in [1.82, 2.24) is 20.1 Å². The van der Waals surface area contributed by atoms with Crippen LogP contribution in [0.4, 0.5) is 18.9 Å². The summed E-state index contributed by atoms with van der Waals surface area (Å²) in [5.74, 6) is -3.42. The smallest absolute Gasteiger partial charge is 0.490 e. The van der Waals surface area contributed by atoms with E-state index in [0.717, 1.165) is 4.31 Å². The van der Waals surface area contributed by atoms with Crippen LogP contribution in [-0.2, 0) is 29.9 Å². The van der Waals surface area contributed by atoms with Gasteiger partial charge in [-0.05, 0) is 42.5 Å². The zero-order valence-electron chi connectivity index (χ0n) is 27.3. The number of benzene rings is 2. The number of methoxy groups -OCH3 is 3. The van der Waals surface area contributed by atoms with Gasteiger partial charge in [0.15, 0.2) is 5.54 Å². The SMILES string of the molecule is COc1ccc(S(=O)(=O)N2C(=O)[C@](c3cccnc3OC)(N3CCNCC3C(=O)N(C)C)c3cc(Cl)ccc32)c(OC)c1.O=C(O)C(F)(F)F. The van der Waals surface area contributed by atoms with E-state index in [2.05, 4.69) is 10.3 Å². The Labute approximate surface area is 290 Å². The monoisotopic (exact) mass is 743 g/mol. The Bertz CT molecular complexity index is 1900. The Morgan fingerprint density at radius 2 is 1.74 bits per heavy atom. The first-order valence-electron chi connectivity index (χ1n) is 14.6. The van der Waals surface area contributed by atoms with Crippen LogP contribution in [0.1, 0.15) is 11.1 Å². The van der Waals surface area contributed by atoms with Crippen LogP contribution in [0.15, 0.2) is 59.6 Å². The van der Waals surface area contributed by atoms with Gasteiger partial charge in [-0.25, -0.2) is 22.5 Å². The summed E-state index contributed by atoms with van der Waals surface area (Å²) in [6, 6.07) is 11.2. The highest BCUT2D eigenvalue weighted by molar-refractivity contribution is 7.93. The van der Waals surface area contributed by atoms with Crippen molar-refractivity contribution in [3.63, 3.8) is 0 Å². The van der Waals surface area contributed by atoms with E-state index in [4.69, 9.17) is 35.7 Å². The lowest BCUT2D eigenvalue weighted by Crippen LogP contribution is -2.67. The van der Waals surface area contributed by atoms with Gasteiger partial charge >= 0.3 is 12.1 Å². The molecule has 2 atom stereocenters. The molecule has 3 aromatic rings. The van der Waals surface area contributed by atoms with Gasteiger partial charge in [-0.2, -0.15) is 13.2 Å². The third kappa shape index (κ3) is 6.75. The van der Waals surface area contributed by atoms with E-state index < -0.39 is 39.7 Å². The average Bonchev–Trinajstić information content (AvgIpc) is 3.35. The van der Waals surface area contributed by atoms with Crippen LogP contribution in [0, 0.1) is 0 Å². The minimum atomic E-state index is -5.08. The van der Waals surface area contributed by atoms with Crippen LogP contribution in [0.2, 0.25) is 5.02 Å². The molecular weight excluding hydrogens is 711 g/mol. The third-order valence-electron chi connectivity index (χ3n) is 7.95. The van der Waals surface area contributed by atoms with Gasteiger partial charge in [0, 0.05) is 62.1 Å². The molecule has 1 saturated heterocycles. The molecule has 1 aromatic heterocycles. The Kier molecular flexibility index (Phi) is 11.2. The van der Waals surface area contributed by atoms with E-state index in [0.29, 0.717) is 12.3 Å². The van der Waals surface area contributed by atoms with Gasteiger partial charge in [0.1, 0.15) is 22.4 Å². The van der Waals surface area contributed by atoms with E-state index in [1.165, 1.54) is 62.8 Å². The summed E-state index contributed by atoms with van der Waals surface area (Å²) in [6.45, 7) is 0.840. The topological polar surface area (TPSA) is 168 Å². The van der Waals surface area contributed by atoms with Gasteiger partial charge in [-0.3, -0.25) is 14.5 Å². The van der Waals surface area contributed by atoms with Crippen LogP contribution in [-0.4, -0.2) is 113 Å². The summed E-state index contributed by atoms with van der Waals surface area (Å²) in [7, 11) is 2.83. The van der Waals surface area contributed by atoms with Crippen molar-refractivity contribution >= 4 is 45.1 Å². The first-order chi connectivity index (χ1) is 23.5. The molecule has 0 radical (unpaired) electrons. The molecule has 2 amide bonds. The number of carbonyl (C=O) groups is 3. The standard InChI is InChI=1S/C29H32ClN5O7S.C2HF3O2/c1-33(2)27(36)23-17-31-13-14-34(23)29(20-7-6-12-32-26(20)42-5)21-15-18(30)8-10-22(21)35(28(29)37)43(38,39)25-11-9-19(40-3)16-24(25)41-4;3-2(4,5)1(6)7/h6-12,15-16,23,31H,13-14,17H2,1-5H3;(H,6,7)/t23?,29-;/m1./s1. The van der Waals surface area contributed by atoms with Crippen molar-refractivity contribution in [2.24, 2.45) is 0 Å². The molecule has 1 unspecified atom stereocenters. The lowest BCUT2D eigenvalue weighted by atomic mass is 9.80. The fourth-order valence-electron chi connectivity index (χ4n) is 5.82. The lowest BCUT2D eigenvalue weighted by Gasteiger charge is -2.47. The Balaban J connectivity index is 0.000000727. The largest absolute Gasteiger partial charge is 0.497 e. The molecule has 0 spiro atoms. The van der Waals surface area contributed by atoms with Crippen molar-refractivity contribution < 1.29 is 55.3 Å². The number of sulfonamides is 1. The molecule has 0 saturated carbocycles. The Morgan fingerprint density at radius 1 is 1.06 bits per heavy atom. The molecule has 2 aromatic carbocycles. The molecule has 0 bridgehead atoms. The number of halogens is 4. The molecule has 1 fully saturated rings. The van der Waals surface area contributed by atoms with Crippen molar-refractivity contribution in [2.45, 2.75) is 22.7 Å². The molecule has 2 aliphatic rings. The second-order valence-corrected chi connectivity index (χ2v) is 13.2. The number of fused-ring (bicyclic) bond motifs is 1. The summed E-state index contributed by atoms with van der Waals surface area (Å²) in [5, 5.41) is 10.6. The number of pyridine rings is 1. The number of carbonyl (C=O) groups excluding carboxylic acids is 2. The van der Waals surface area contributed by atoms with Gasteiger partial charge in [-0.1, -0.05) is 11.6 Å². The van der Waals surface area contributed by atoms with Gasteiger partial charge in [0.2, 0.25) is 11.8 Å². The van der Waals surface area contributed by atoms with Crippen LogP contribution in [0.3, 0.4) is 0 Å². The zero-order valence-corrected chi connectivity index (χ0v) is 28.9. The normalized spacial score (nSPS) is 19.2. The highest BCUT2D eigenvalue weighted by Crippen LogP contribution is 2.54. The number of rotatable bonds is 8. The second-order valence-electron chi connectivity index (χ2n) is 11.0. The maximum atomic E-state index is 15.2. The van der Waals surface area contributed by atoms with Crippen LogP contribution < -0.4 is 23.8 Å². The fourth-order valence-corrected chi connectivity index (χ4v) is 7.59. The molecule has 19 heteroatoms. The molecule has 270 valence electrons. The molecule has 14 nitrogen and oxygen atoms in total. The number of nitrogens with one attached hydrogen (secondary N) is 1. The number of aliphatic carboxylic acids is 1. The van der Waals surface area contributed by atoms with Crippen molar-refractivity contribution in [1.29, 1.82) is 0 Å². The van der Waals surface area contributed by atoms with Crippen LogP contribution >= 0.6 is 11.6 Å². The fraction of sp³-hybridized carbons (Fsp3) is 0.355. The molecule has 2 N–H and O–H groups in total. The number of aromatic nitrogens is 1. The maximum Gasteiger partial charge on any atom is 0.490 e. The Hall–Kier alpha value is -4.65. The van der Waals surface area contributed by atoms with Gasteiger partial charge < -0.3 is 29.5 Å². The summed E-state index contributed by atoms with van der Waals surface area (Å²) in [6.07, 6.45) is -3.58. The first kappa shape index (κ1) is 38.2. The summed E-state index contributed by atoms with van der Waals surface area (Å²) >= 11 is 6.54. The first-order valence-corrected chi connectivity index (χ1v) is 16.4. The number of nitrogens with zero attached hydrogens (tertiary/aromatic N) is 4. The molecular formula is C31H33ClF3N5O9S. The quantitative estimate of drug-likeness (QED) is 0.347. The van der Waals surface area contributed by atoms with Gasteiger partial charge in [-0.15, -0.1) is 0 Å². The van der Waals surface area contributed by atoms with E-state index in [9.17, 15) is 26.4 Å². The van der Waals surface area contributed by atoms with Gasteiger partial charge in [0.25, 0.3) is 15.9 Å². The molecule has 0 aliphatic carbocycles. The van der Waals surface area contributed by atoms with E-state index in [-0.39, 0.29) is 57.4 Å². The second kappa shape index (κ2) is 14.7. The average molecular weight is 744 g/mol. The predicted molar refractivity (Wildman–Crippen MR) is 173 cm³/mol. The highest BCUT2D eigenvalue weighted by atomic mass is 35.5. The minimum Gasteiger partial charge on any atom is -0.497 e. The van der Waals surface area contributed by atoms with Crippen molar-refractivity contribution in [2.75, 3.05) is 59.4 Å². The number of hydrogen-bond acceptors (Lipinski definition) is 11. The maximum absolute atomic E-state index is 15.2. The van der Waals surface area contributed by atoms with E-state index in [1.807, 2.05) is 0 Å². The predicted octanol–water partition coefficient (Wildman–Crippen LogP) is 2.74. The highest BCUT2D eigenvalue weighted by Gasteiger charge is 2.63. The van der Waals surface area contributed by atoms with Gasteiger partial charge in [0.05, 0.1) is 27.0 Å². The number of anilines is 1. The van der Waals surface area contributed by atoms with Crippen molar-refractivity contribution in [3.05, 3.63) is 70.9 Å². The summed E-state index contributed by atoms with van der Waals surface area (Å²) in [5.41, 5.74) is -1.26. The number of ether oxygens (including phenoxy) is 3. The number of alkyl halides is 3. The molecule has 50 heavy (non-hydrogen) atoms. The number of likely N-dealkylation sites (N-methyl/N-ethyl adjacent to an activating group) is 1. The van der Waals surface area contributed by atoms with E-state index in [1.54, 1.807) is 37.2 Å². The number of amides is 2. The molecule has 2 aliphatic heterocycles. The summed E-state index contributed by atoms with van der Waals surface area (Å²) in [4.78, 5) is 45.0. The van der Waals surface area contributed by atoms with E-state index >= 15 is 4.79 Å². The number of hydrogen-bond donors (Lipinski definition) is 2. The van der Waals surface area contributed by atoms with Crippen molar-refractivity contribution in [3.8, 4) is 17.4 Å². The van der Waals surface area contributed by atoms with Crippen LogP contribution in [0.25, 0.3) is 0 Å². The molecule has 3 heterocycles. The van der Waals surface area contributed by atoms with Crippen LogP contribution in [0.5, 0.6) is 17.4 Å². The number of carboxylic acid groups (broad SMARTS) is 1. The Morgan fingerprint density at radius 3 is 2.32 bits per heavy atom. The zero-order chi connectivity index (χ0) is 37.2. The molecule has 5 rings (SSSR count). The number of piperazine rings is 1. The number of carboxylic acids is 1. The third-order valence-corrected chi connectivity index (χ3v) is 9.92. The lowest BCUT2D eigenvalue weighted by molar-refractivity contribution is -0.192.